The second kappa shape index (κ2) is 5.77. The quantitative estimate of drug-likeness (QED) is 0.745. The molecule has 5 nitrogen and oxygen atoms in total. The fourth-order valence-electron chi connectivity index (χ4n) is 1.44. The van der Waals surface area contributed by atoms with Gasteiger partial charge in [-0.1, -0.05) is 6.07 Å². The zero-order valence-electron chi connectivity index (χ0n) is 9.61. The van der Waals surface area contributed by atoms with E-state index in [4.69, 9.17) is 0 Å². The fraction of sp³-hybridized carbons (Fsp3) is 0.154. The Hall–Kier alpha value is -2.43. The molecule has 0 fully saturated rings. The number of Topliss-reactive ketones (excluding diaryl/α,β-unsaturated/α-hetero) is 2. The minimum absolute atomic E-state index is 0.0966. The van der Waals surface area contributed by atoms with Crippen LogP contribution in [-0.2, 0) is 0 Å². The summed E-state index contributed by atoms with van der Waals surface area (Å²) in [5.41, 5.74) is 0.374. The number of ketones is 2. The molecule has 0 N–H and O–H groups in total. The maximum atomic E-state index is 11.7. The van der Waals surface area contributed by atoms with Gasteiger partial charge in [0.25, 0.3) is 0 Å². The molecule has 2 aromatic rings. The summed E-state index contributed by atoms with van der Waals surface area (Å²) in [7, 11) is 0. The van der Waals surface area contributed by atoms with Crippen LogP contribution in [0.1, 0.15) is 33.9 Å². The highest BCUT2D eigenvalue weighted by atomic mass is 16.1. The highest BCUT2D eigenvalue weighted by Gasteiger charge is 2.13. The predicted octanol–water partition coefficient (Wildman–Crippen LogP) is 1.72. The van der Waals surface area contributed by atoms with Crippen molar-refractivity contribution in [2.45, 2.75) is 12.8 Å². The van der Waals surface area contributed by atoms with Crippen LogP contribution >= 0.6 is 0 Å². The van der Waals surface area contributed by atoms with Gasteiger partial charge in [-0.3, -0.25) is 14.6 Å². The average molecular weight is 241 g/mol. The van der Waals surface area contributed by atoms with Gasteiger partial charge in [-0.05, 0) is 18.2 Å². The molecule has 0 aliphatic carbocycles. The second-order valence-corrected chi connectivity index (χ2v) is 3.63. The zero-order valence-corrected chi connectivity index (χ0v) is 9.61. The molecule has 0 aliphatic rings. The number of rotatable bonds is 5. The minimum Gasteiger partial charge on any atom is -0.292 e. The summed E-state index contributed by atoms with van der Waals surface area (Å²) in [4.78, 5) is 35.0. The zero-order chi connectivity index (χ0) is 12.8. The van der Waals surface area contributed by atoms with Crippen LogP contribution in [0.2, 0.25) is 0 Å². The van der Waals surface area contributed by atoms with Crippen LogP contribution < -0.4 is 0 Å². The number of nitrogens with zero attached hydrogens (tertiary/aromatic N) is 3. The lowest BCUT2D eigenvalue weighted by molar-refractivity contribution is 0.0909. The van der Waals surface area contributed by atoms with Gasteiger partial charge in [0.2, 0.25) is 0 Å². The molecule has 2 rings (SSSR count). The molecule has 0 amide bonds. The predicted molar refractivity (Wildman–Crippen MR) is 64.2 cm³/mol. The van der Waals surface area contributed by atoms with Gasteiger partial charge >= 0.3 is 0 Å². The van der Waals surface area contributed by atoms with Crippen molar-refractivity contribution in [1.82, 2.24) is 15.0 Å². The number of carbonyl (C=O) groups is 2. The highest BCUT2D eigenvalue weighted by Crippen LogP contribution is 2.05. The first-order chi connectivity index (χ1) is 8.77. The van der Waals surface area contributed by atoms with Gasteiger partial charge in [0.05, 0.1) is 0 Å². The van der Waals surface area contributed by atoms with Gasteiger partial charge in [-0.25, -0.2) is 9.97 Å². The molecule has 2 heterocycles. The van der Waals surface area contributed by atoms with E-state index in [0.29, 0.717) is 5.69 Å². The summed E-state index contributed by atoms with van der Waals surface area (Å²) in [6.45, 7) is 0. The van der Waals surface area contributed by atoms with Gasteiger partial charge in [0.1, 0.15) is 5.69 Å². The molecule has 0 radical (unpaired) electrons. The maximum absolute atomic E-state index is 11.7. The lowest BCUT2D eigenvalue weighted by Gasteiger charge is -1.99. The normalized spacial score (nSPS) is 10.0. The van der Waals surface area contributed by atoms with E-state index in [0.717, 1.165) is 0 Å². The Balaban J connectivity index is 1.93. The highest BCUT2D eigenvalue weighted by molar-refractivity contribution is 5.99. The number of pyridine rings is 1. The molecule has 0 atom stereocenters. The molecular formula is C13H11N3O2. The molecule has 2 aromatic heterocycles. The lowest BCUT2D eigenvalue weighted by Crippen LogP contribution is -2.09. The molecule has 0 bridgehead atoms. The minimum atomic E-state index is -0.236. The Bertz CT molecular complexity index is 489. The Morgan fingerprint density at radius 2 is 1.50 bits per heavy atom. The van der Waals surface area contributed by atoms with Crippen molar-refractivity contribution in [2.24, 2.45) is 0 Å². The summed E-state index contributed by atoms with van der Waals surface area (Å²) in [6.07, 6.45) is 4.77. The topological polar surface area (TPSA) is 72.8 Å². The SMILES string of the molecule is O=C(CCC(=O)c1ncccn1)c1ccccn1. The van der Waals surface area contributed by atoms with Crippen LogP contribution in [0.25, 0.3) is 0 Å². The van der Waals surface area contributed by atoms with Gasteiger partial charge in [-0.15, -0.1) is 0 Å². The van der Waals surface area contributed by atoms with E-state index in [1.165, 1.54) is 12.4 Å². The fourth-order valence-corrected chi connectivity index (χ4v) is 1.44. The van der Waals surface area contributed by atoms with E-state index in [9.17, 15) is 9.59 Å². The van der Waals surface area contributed by atoms with Crippen molar-refractivity contribution in [1.29, 1.82) is 0 Å². The van der Waals surface area contributed by atoms with Crippen molar-refractivity contribution >= 4 is 11.6 Å². The van der Waals surface area contributed by atoms with Crippen molar-refractivity contribution in [3.05, 3.63) is 54.4 Å². The van der Waals surface area contributed by atoms with E-state index in [2.05, 4.69) is 15.0 Å². The molecule has 90 valence electrons. The van der Waals surface area contributed by atoms with E-state index in [1.807, 2.05) is 0 Å². The molecule has 0 unspecified atom stereocenters. The summed E-state index contributed by atoms with van der Waals surface area (Å²) in [6, 6.07) is 6.74. The number of hydrogen-bond acceptors (Lipinski definition) is 5. The molecule has 0 saturated heterocycles. The molecule has 0 spiro atoms. The number of hydrogen-bond donors (Lipinski definition) is 0. The molecule has 0 aliphatic heterocycles. The van der Waals surface area contributed by atoms with E-state index < -0.39 is 0 Å². The van der Waals surface area contributed by atoms with Crippen molar-refractivity contribution in [2.75, 3.05) is 0 Å². The summed E-state index contributed by atoms with van der Waals surface area (Å²) in [5, 5.41) is 0. The Morgan fingerprint density at radius 1 is 0.833 bits per heavy atom. The van der Waals surface area contributed by atoms with Crippen LogP contribution in [-0.4, -0.2) is 26.5 Å². The van der Waals surface area contributed by atoms with E-state index >= 15 is 0 Å². The first-order valence-corrected chi connectivity index (χ1v) is 5.52. The molecular weight excluding hydrogens is 230 g/mol. The third kappa shape index (κ3) is 3.04. The summed E-state index contributed by atoms with van der Waals surface area (Å²) >= 11 is 0. The van der Waals surface area contributed by atoms with Crippen LogP contribution in [0.5, 0.6) is 0 Å². The molecule has 18 heavy (non-hydrogen) atoms. The van der Waals surface area contributed by atoms with Gasteiger partial charge in [0, 0.05) is 31.4 Å². The van der Waals surface area contributed by atoms with Crippen molar-refractivity contribution in [3.8, 4) is 0 Å². The van der Waals surface area contributed by atoms with Crippen molar-refractivity contribution in [3.63, 3.8) is 0 Å². The van der Waals surface area contributed by atoms with Crippen LogP contribution in [0.15, 0.2) is 42.9 Å². The molecule has 0 saturated carbocycles. The molecule has 0 aromatic carbocycles. The van der Waals surface area contributed by atoms with E-state index in [1.54, 1.807) is 30.5 Å². The van der Waals surface area contributed by atoms with Crippen LogP contribution in [0.3, 0.4) is 0 Å². The number of aromatic nitrogens is 3. The smallest absolute Gasteiger partial charge is 0.200 e. The van der Waals surface area contributed by atoms with Crippen molar-refractivity contribution < 1.29 is 9.59 Å². The maximum Gasteiger partial charge on any atom is 0.200 e. The largest absolute Gasteiger partial charge is 0.292 e. The Morgan fingerprint density at radius 3 is 2.17 bits per heavy atom. The van der Waals surface area contributed by atoms with Crippen LogP contribution in [0, 0.1) is 0 Å². The monoisotopic (exact) mass is 241 g/mol. The lowest BCUT2D eigenvalue weighted by atomic mass is 10.1. The molecule has 5 heteroatoms. The third-order valence-electron chi connectivity index (χ3n) is 2.34. The van der Waals surface area contributed by atoms with Gasteiger partial charge < -0.3 is 0 Å². The summed E-state index contributed by atoms with van der Waals surface area (Å²) < 4.78 is 0. The van der Waals surface area contributed by atoms with Crippen LogP contribution in [0.4, 0.5) is 0 Å². The standard InChI is InChI=1S/C13H11N3O2/c17-11(10-4-1-2-7-14-10)5-6-12(18)13-15-8-3-9-16-13/h1-4,7-9H,5-6H2. The Labute approximate surface area is 104 Å². The van der Waals surface area contributed by atoms with E-state index in [-0.39, 0.29) is 30.2 Å². The average Bonchev–Trinajstić information content (AvgIpc) is 2.46. The first-order valence-electron chi connectivity index (χ1n) is 5.52. The second-order valence-electron chi connectivity index (χ2n) is 3.63. The third-order valence-corrected chi connectivity index (χ3v) is 2.34. The van der Waals surface area contributed by atoms with Gasteiger partial charge in [0.15, 0.2) is 17.4 Å². The Kier molecular flexibility index (Phi) is 3.86. The summed E-state index contributed by atoms with van der Waals surface area (Å²) in [5.74, 6) is -0.244. The number of carbonyl (C=O) groups excluding carboxylic acids is 2. The van der Waals surface area contributed by atoms with Gasteiger partial charge in [-0.2, -0.15) is 0 Å². The first kappa shape index (κ1) is 12.0.